The number of halogens is 1. The topological polar surface area (TPSA) is 53.4 Å². The molecule has 2 heterocycles. The maximum Gasteiger partial charge on any atom is 0.338 e. The zero-order valence-corrected chi connectivity index (χ0v) is 11.9. The summed E-state index contributed by atoms with van der Waals surface area (Å²) in [6, 6.07) is 1.75. The average molecular weight is 293 g/mol. The second kappa shape index (κ2) is 4.83. The predicted molar refractivity (Wildman–Crippen MR) is 74.2 cm³/mol. The van der Waals surface area contributed by atoms with Gasteiger partial charge in [-0.05, 0) is 18.6 Å². The number of aromatic nitrogens is 2. The molecule has 5 nitrogen and oxygen atoms in total. The van der Waals surface area contributed by atoms with Crippen molar-refractivity contribution in [2.45, 2.75) is 13.5 Å². The summed E-state index contributed by atoms with van der Waals surface area (Å²) in [6.07, 6.45) is 3.47. The van der Waals surface area contributed by atoms with Gasteiger partial charge in [0, 0.05) is 5.56 Å². The Kier molecular flexibility index (Phi) is 3.14. The van der Waals surface area contributed by atoms with Gasteiger partial charge in [-0.15, -0.1) is 0 Å². The van der Waals surface area contributed by atoms with Crippen LogP contribution < -0.4 is 4.74 Å². The van der Waals surface area contributed by atoms with Gasteiger partial charge in [0.2, 0.25) is 0 Å². The van der Waals surface area contributed by atoms with Gasteiger partial charge in [-0.3, -0.25) is 0 Å². The van der Waals surface area contributed by atoms with E-state index in [0.717, 1.165) is 11.3 Å². The van der Waals surface area contributed by atoms with Gasteiger partial charge < -0.3 is 14.0 Å². The Labute approximate surface area is 121 Å². The summed E-state index contributed by atoms with van der Waals surface area (Å²) in [5.74, 6) is 0.179. The summed E-state index contributed by atoms with van der Waals surface area (Å²) in [4.78, 5) is 16.0. The van der Waals surface area contributed by atoms with Crippen LogP contribution in [0.1, 0.15) is 15.9 Å². The fourth-order valence-electron chi connectivity index (χ4n) is 2.35. The number of rotatable bonds is 1. The smallest absolute Gasteiger partial charge is 0.338 e. The molecule has 0 unspecified atom stereocenters. The molecule has 1 aromatic heterocycles. The monoisotopic (exact) mass is 292 g/mol. The van der Waals surface area contributed by atoms with E-state index < -0.39 is 5.97 Å². The fourth-order valence-corrected chi connectivity index (χ4v) is 2.61. The Morgan fingerprint density at radius 2 is 2.35 bits per heavy atom. The zero-order chi connectivity index (χ0) is 14.3. The van der Waals surface area contributed by atoms with Crippen molar-refractivity contribution in [3.63, 3.8) is 0 Å². The van der Waals surface area contributed by atoms with E-state index in [1.54, 1.807) is 25.5 Å². The molecule has 0 amide bonds. The fraction of sp³-hybridized carbons (Fsp3) is 0.286. The maximum absolute atomic E-state index is 11.9. The number of esters is 1. The van der Waals surface area contributed by atoms with Gasteiger partial charge in [-0.25, -0.2) is 9.78 Å². The first-order valence-electron chi connectivity index (χ1n) is 6.18. The molecule has 0 atom stereocenters. The van der Waals surface area contributed by atoms with Gasteiger partial charge in [0.15, 0.2) is 0 Å². The van der Waals surface area contributed by atoms with Crippen LogP contribution in [0.25, 0.3) is 11.3 Å². The first-order valence-corrected chi connectivity index (χ1v) is 6.56. The van der Waals surface area contributed by atoms with Crippen LogP contribution in [0, 0.1) is 6.92 Å². The molecule has 0 spiro atoms. The molecular weight excluding hydrogens is 280 g/mol. The van der Waals surface area contributed by atoms with Crippen molar-refractivity contribution in [1.29, 1.82) is 0 Å². The Morgan fingerprint density at radius 3 is 3.10 bits per heavy atom. The minimum atomic E-state index is -0.414. The summed E-state index contributed by atoms with van der Waals surface area (Å²) in [5.41, 5.74) is 2.74. The molecule has 3 rings (SSSR count). The van der Waals surface area contributed by atoms with E-state index in [0.29, 0.717) is 35.1 Å². The van der Waals surface area contributed by atoms with Crippen LogP contribution in [-0.2, 0) is 11.3 Å². The van der Waals surface area contributed by atoms with E-state index in [9.17, 15) is 4.79 Å². The Morgan fingerprint density at radius 1 is 1.55 bits per heavy atom. The van der Waals surface area contributed by atoms with E-state index >= 15 is 0 Å². The van der Waals surface area contributed by atoms with Gasteiger partial charge in [0.1, 0.15) is 12.4 Å². The van der Waals surface area contributed by atoms with E-state index in [1.807, 2.05) is 4.57 Å². The van der Waals surface area contributed by atoms with Gasteiger partial charge >= 0.3 is 5.97 Å². The zero-order valence-electron chi connectivity index (χ0n) is 11.1. The number of benzene rings is 1. The molecule has 0 aliphatic carbocycles. The third-order valence-electron chi connectivity index (χ3n) is 3.44. The van der Waals surface area contributed by atoms with Crippen molar-refractivity contribution in [2.75, 3.05) is 13.7 Å². The first-order chi connectivity index (χ1) is 9.63. The third kappa shape index (κ3) is 1.86. The summed E-state index contributed by atoms with van der Waals surface area (Å²) in [7, 11) is 1.35. The Balaban J connectivity index is 2.29. The molecule has 2 aromatic rings. The van der Waals surface area contributed by atoms with Gasteiger partial charge in [-0.1, -0.05) is 11.6 Å². The van der Waals surface area contributed by atoms with Crippen LogP contribution in [0.5, 0.6) is 5.75 Å². The number of fused-ring (bicyclic) bond motifs is 3. The molecule has 1 aromatic carbocycles. The van der Waals surface area contributed by atoms with Crippen molar-refractivity contribution in [2.24, 2.45) is 0 Å². The number of carbonyl (C=O) groups excluding carboxylic acids is 1. The van der Waals surface area contributed by atoms with Crippen molar-refractivity contribution >= 4 is 17.6 Å². The van der Waals surface area contributed by atoms with Crippen molar-refractivity contribution in [3.05, 3.63) is 34.7 Å². The van der Waals surface area contributed by atoms with E-state index in [4.69, 9.17) is 21.1 Å². The van der Waals surface area contributed by atoms with Crippen LogP contribution in [0.15, 0.2) is 18.6 Å². The molecule has 1 aliphatic heterocycles. The summed E-state index contributed by atoms with van der Waals surface area (Å²) >= 11 is 6.36. The minimum absolute atomic E-state index is 0.414. The lowest BCUT2D eigenvalue weighted by Gasteiger charge is -2.14. The molecule has 0 saturated carbocycles. The third-order valence-corrected chi connectivity index (χ3v) is 3.89. The highest BCUT2D eigenvalue weighted by Gasteiger charge is 2.24. The molecule has 1 aliphatic rings. The molecule has 6 heteroatoms. The first kappa shape index (κ1) is 13.0. The number of methoxy groups -OCH3 is 1. The maximum atomic E-state index is 11.9. The van der Waals surface area contributed by atoms with Crippen molar-refractivity contribution in [3.8, 4) is 17.0 Å². The summed E-state index contributed by atoms with van der Waals surface area (Å²) in [5, 5.41) is 0.442. The average Bonchev–Trinajstić information content (AvgIpc) is 2.84. The second-order valence-corrected chi connectivity index (χ2v) is 4.93. The van der Waals surface area contributed by atoms with Gasteiger partial charge in [-0.2, -0.15) is 0 Å². The molecular formula is C14H13ClN2O3. The molecule has 20 heavy (non-hydrogen) atoms. The highest BCUT2D eigenvalue weighted by atomic mass is 35.5. The van der Waals surface area contributed by atoms with Crippen LogP contribution in [0.4, 0.5) is 0 Å². The largest absolute Gasteiger partial charge is 0.489 e. The minimum Gasteiger partial charge on any atom is -0.489 e. The van der Waals surface area contributed by atoms with Gasteiger partial charge in [0.25, 0.3) is 0 Å². The van der Waals surface area contributed by atoms with E-state index in [2.05, 4.69) is 4.98 Å². The highest BCUT2D eigenvalue weighted by molar-refractivity contribution is 6.34. The molecule has 0 saturated heterocycles. The summed E-state index contributed by atoms with van der Waals surface area (Å²) < 4.78 is 12.5. The number of nitrogens with zero attached hydrogens (tertiary/aromatic N) is 2. The number of carbonyl (C=O) groups is 1. The van der Waals surface area contributed by atoms with Crippen LogP contribution >= 0.6 is 11.6 Å². The Hall–Kier alpha value is -2.01. The highest BCUT2D eigenvalue weighted by Crippen LogP contribution is 2.41. The standard InChI is InChI=1S/C14H13ClN2O3/c1-8-9(14(18)19-2)5-10-11-6-16-7-17(11)3-4-20-13(10)12(8)15/h5-7H,3-4H2,1-2H3. The molecule has 0 bridgehead atoms. The predicted octanol–water partition coefficient (Wildman–Crippen LogP) is 2.69. The number of hydrogen-bond donors (Lipinski definition) is 0. The lowest BCUT2D eigenvalue weighted by Crippen LogP contribution is -2.06. The quantitative estimate of drug-likeness (QED) is 0.758. The SMILES string of the molecule is COC(=O)c1cc2c(c(Cl)c1C)OCCn1cncc1-2. The van der Waals surface area contributed by atoms with Crippen LogP contribution in [0.3, 0.4) is 0 Å². The lowest BCUT2D eigenvalue weighted by atomic mass is 10.0. The molecule has 0 fully saturated rings. The van der Waals surface area contributed by atoms with E-state index in [1.165, 1.54) is 7.11 Å². The van der Waals surface area contributed by atoms with Crippen molar-refractivity contribution < 1.29 is 14.3 Å². The van der Waals surface area contributed by atoms with Gasteiger partial charge in [0.05, 0.1) is 42.5 Å². The van der Waals surface area contributed by atoms with Crippen LogP contribution in [0.2, 0.25) is 5.02 Å². The normalized spacial score (nSPS) is 12.9. The van der Waals surface area contributed by atoms with E-state index in [-0.39, 0.29) is 0 Å². The number of hydrogen-bond acceptors (Lipinski definition) is 4. The lowest BCUT2D eigenvalue weighted by molar-refractivity contribution is 0.0600. The summed E-state index contributed by atoms with van der Waals surface area (Å²) in [6.45, 7) is 2.97. The second-order valence-electron chi connectivity index (χ2n) is 4.55. The molecule has 0 radical (unpaired) electrons. The van der Waals surface area contributed by atoms with Crippen LogP contribution in [-0.4, -0.2) is 29.2 Å². The number of ether oxygens (including phenoxy) is 2. The molecule has 0 N–H and O–H groups in total. The Bertz CT molecular complexity index is 694. The molecule has 104 valence electrons. The van der Waals surface area contributed by atoms with Crippen molar-refractivity contribution in [1.82, 2.24) is 9.55 Å². The number of imidazole rings is 1.